The van der Waals surface area contributed by atoms with Gasteiger partial charge >= 0.3 is 0 Å². The fraction of sp³-hybridized carbons (Fsp3) is 0. The second-order valence-electron chi connectivity index (χ2n) is 2.11. The maximum Gasteiger partial charge on any atom is 0.252 e. The van der Waals surface area contributed by atoms with Gasteiger partial charge in [-0.1, -0.05) is 29.3 Å². The molecule has 0 unspecified atom stereocenters. The topological polar surface area (TPSA) is 29.1 Å². The van der Waals surface area contributed by atoms with Gasteiger partial charge in [0.15, 0.2) is 0 Å². The van der Waals surface area contributed by atoms with Crippen LogP contribution < -0.4 is 5.32 Å². The second-order valence-corrected chi connectivity index (χ2v) is 2.89. The lowest BCUT2D eigenvalue weighted by Gasteiger charge is -2.02. The molecule has 1 radical (unpaired) electrons. The number of halogens is 2. The zero-order valence-corrected chi connectivity index (χ0v) is 7.62. The zero-order valence-electron chi connectivity index (χ0n) is 6.10. The molecule has 1 aromatic rings. The van der Waals surface area contributed by atoms with E-state index >= 15 is 0 Å². The molecule has 0 bridgehead atoms. The molecular weight excluding hydrogens is 197 g/mol. The third kappa shape index (κ3) is 1.71. The van der Waals surface area contributed by atoms with Crippen LogP contribution in [0.3, 0.4) is 0 Å². The lowest BCUT2D eigenvalue weighted by molar-refractivity contribution is 0.0969. The van der Waals surface area contributed by atoms with Gasteiger partial charge in [0, 0.05) is 7.05 Å². The van der Waals surface area contributed by atoms with Gasteiger partial charge in [-0.15, -0.1) is 0 Å². The molecule has 0 fully saturated rings. The van der Waals surface area contributed by atoms with E-state index in [9.17, 15) is 4.79 Å². The van der Waals surface area contributed by atoms with E-state index in [-0.39, 0.29) is 10.9 Å². The van der Waals surface area contributed by atoms with Crippen LogP contribution in [0.2, 0.25) is 10.0 Å². The highest BCUT2D eigenvalue weighted by Gasteiger charge is 2.09. The molecule has 0 aliphatic carbocycles. The average Bonchev–Trinajstić information content (AvgIpc) is 2.08. The highest BCUT2D eigenvalue weighted by Crippen LogP contribution is 2.25. The molecular formula is C8H6Cl2NO. The molecule has 4 heteroatoms. The molecule has 63 valence electrons. The van der Waals surface area contributed by atoms with Gasteiger partial charge in [-0.3, -0.25) is 4.79 Å². The van der Waals surface area contributed by atoms with Gasteiger partial charge in [0.25, 0.3) is 5.91 Å². The predicted molar refractivity (Wildman–Crippen MR) is 49.3 cm³/mol. The lowest BCUT2D eigenvalue weighted by Crippen LogP contribution is -2.15. The van der Waals surface area contributed by atoms with Crippen LogP contribution in [0, 0.1) is 7.05 Å². The van der Waals surface area contributed by atoms with Crippen LogP contribution in [0.4, 0.5) is 0 Å². The van der Waals surface area contributed by atoms with E-state index in [1.165, 1.54) is 0 Å². The number of hydrogen-bond donors (Lipinski definition) is 1. The Labute approximate surface area is 80.5 Å². The maximum absolute atomic E-state index is 11.1. The van der Waals surface area contributed by atoms with Crippen LogP contribution in [0.25, 0.3) is 0 Å². The number of rotatable bonds is 1. The van der Waals surface area contributed by atoms with Gasteiger partial charge in [0.1, 0.15) is 0 Å². The number of nitrogens with one attached hydrogen (secondary N) is 1. The van der Waals surface area contributed by atoms with Crippen molar-refractivity contribution in [3.05, 3.63) is 40.9 Å². The summed E-state index contributed by atoms with van der Waals surface area (Å²) in [5, 5.41) is 2.83. The summed E-state index contributed by atoms with van der Waals surface area (Å²) in [5.74, 6) is -0.345. The van der Waals surface area contributed by atoms with Crippen molar-refractivity contribution in [3.63, 3.8) is 0 Å². The molecule has 12 heavy (non-hydrogen) atoms. The van der Waals surface area contributed by atoms with Gasteiger partial charge < -0.3 is 5.32 Å². The van der Waals surface area contributed by atoms with E-state index in [4.69, 9.17) is 23.2 Å². The van der Waals surface area contributed by atoms with Crippen LogP contribution in [-0.4, -0.2) is 5.91 Å². The SMILES string of the molecule is [CH2]NC(=O)c1cccc(Cl)c1Cl. The van der Waals surface area contributed by atoms with Crippen LogP contribution in [-0.2, 0) is 0 Å². The molecule has 1 rings (SSSR count). The fourth-order valence-electron chi connectivity index (χ4n) is 0.774. The van der Waals surface area contributed by atoms with E-state index in [0.717, 1.165) is 0 Å². The predicted octanol–water partition coefficient (Wildman–Crippen LogP) is 2.51. The summed E-state index contributed by atoms with van der Waals surface area (Å²) in [6.45, 7) is 0. The monoisotopic (exact) mass is 202 g/mol. The third-order valence-corrected chi connectivity index (χ3v) is 2.18. The van der Waals surface area contributed by atoms with Crippen molar-refractivity contribution in [3.8, 4) is 0 Å². The molecule has 1 aromatic carbocycles. The lowest BCUT2D eigenvalue weighted by atomic mass is 10.2. The number of carbonyl (C=O) groups is 1. The number of carbonyl (C=O) groups excluding carboxylic acids is 1. The Kier molecular flexibility index (Phi) is 2.95. The molecule has 0 aliphatic rings. The molecule has 1 N–H and O–H groups in total. The molecule has 1 amide bonds. The van der Waals surface area contributed by atoms with E-state index < -0.39 is 0 Å². The van der Waals surface area contributed by atoms with Crippen molar-refractivity contribution >= 4 is 29.1 Å². The Balaban J connectivity index is 3.16. The largest absolute Gasteiger partial charge is 0.350 e. The first-order chi connectivity index (χ1) is 5.66. The van der Waals surface area contributed by atoms with Gasteiger partial charge in [-0.25, -0.2) is 0 Å². The van der Waals surface area contributed by atoms with Crippen molar-refractivity contribution in [2.24, 2.45) is 0 Å². The smallest absolute Gasteiger partial charge is 0.252 e. The summed E-state index contributed by atoms with van der Waals surface area (Å²) in [6, 6.07) is 4.84. The Bertz CT molecular complexity index is 312. The summed E-state index contributed by atoms with van der Waals surface area (Å²) in [4.78, 5) is 11.1. The molecule has 0 heterocycles. The van der Waals surface area contributed by atoms with Crippen molar-refractivity contribution in [2.75, 3.05) is 0 Å². The molecule has 0 saturated carbocycles. The van der Waals surface area contributed by atoms with Gasteiger partial charge in [-0.05, 0) is 12.1 Å². The summed E-state index contributed by atoms with van der Waals surface area (Å²) in [5.41, 5.74) is 0.333. The standard InChI is InChI=1S/C8H6Cl2NO/c1-11-8(12)5-3-2-4-6(9)7(5)10/h2-4H,1H2,(H,11,12). The minimum Gasteiger partial charge on any atom is -0.350 e. The normalized spacial score (nSPS) is 9.58. The van der Waals surface area contributed by atoms with Gasteiger partial charge in [0.05, 0.1) is 15.6 Å². The molecule has 2 nitrogen and oxygen atoms in total. The maximum atomic E-state index is 11.1. The van der Waals surface area contributed by atoms with E-state index in [2.05, 4.69) is 12.4 Å². The Morgan fingerprint density at radius 2 is 2.08 bits per heavy atom. The Morgan fingerprint density at radius 1 is 1.42 bits per heavy atom. The highest BCUT2D eigenvalue weighted by molar-refractivity contribution is 6.43. The summed E-state index contributed by atoms with van der Waals surface area (Å²) >= 11 is 11.4. The number of benzene rings is 1. The fourth-order valence-corrected chi connectivity index (χ4v) is 1.16. The van der Waals surface area contributed by atoms with E-state index in [0.29, 0.717) is 10.6 Å². The van der Waals surface area contributed by atoms with Gasteiger partial charge in [0.2, 0.25) is 0 Å². The molecule has 0 aromatic heterocycles. The molecule has 0 atom stereocenters. The Hall–Kier alpha value is -0.730. The molecule has 0 aliphatic heterocycles. The number of amides is 1. The van der Waals surface area contributed by atoms with Crippen molar-refractivity contribution < 1.29 is 4.79 Å². The first-order valence-electron chi connectivity index (χ1n) is 3.18. The first kappa shape index (κ1) is 9.36. The van der Waals surface area contributed by atoms with Crippen molar-refractivity contribution in [1.82, 2.24) is 5.32 Å². The minimum atomic E-state index is -0.345. The minimum absolute atomic E-state index is 0.250. The summed E-state index contributed by atoms with van der Waals surface area (Å²) in [6.07, 6.45) is 0. The average molecular weight is 203 g/mol. The highest BCUT2D eigenvalue weighted by atomic mass is 35.5. The number of hydrogen-bond acceptors (Lipinski definition) is 1. The van der Waals surface area contributed by atoms with Crippen LogP contribution in [0.5, 0.6) is 0 Å². The van der Waals surface area contributed by atoms with Crippen LogP contribution in [0.15, 0.2) is 18.2 Å². The summed E-state index contributed by atoms with van der Waals surface area (Å²) < 4.78 is 0. The first-order valence-corrected chi connectivity index (χ1v) is 3.94. The van der Waals surface area contributed by atoms with Crippen molar-refractivity contribution in [1.29, 1.82) is 0 Å². The summed E-state index contributed by atoms with van der Waals surface area (Å²) in [7, 11) is 3.23. The zero-order chi connectivity index (χ0) is 9.14. The van der Waals surface area contributed by atoms with E-state index in [1.54, 1.807) is 18.2 Å². The third-order valence-electron chi connectivity index (χ3n) is 1.36. The van der Waals surface area contributed by atoms with Crippen molar-refractivity contribution in [2.45, 2.75) is 0 Å². The van der Waals surface area contributed by atoms with Crippen LogP contribution >= 0.6 is 23.2 Å². The second kappa shape index (κ2) is 3.78. The molecule has 0 saturated heterocycles. The van der Waals surface area contributed by atoms with Crippen LogP contribution in [0.1, 0.15) is 10.4 Å². The van der Waals surface area contributed by atoms with E-state index in [1.807, 2.05) is 0 Å². The quantitative estimate of drug-likeness (QED) is 0.746. The molecule has 0 spiro atoms. The van der Waals surface area contributed by atoms with Gasteiger partial charge in [-0.2, -0.15) is 0 Å². The Morgan fingerprint density at radius 3 is 2.67 bits per heavy atom.